The first-order valence-corrected chi connectivity index (χ1v) is 8.57. The number of hydrogen-bond donors (Lipinski definition) is 1. The predicted molar refractivity (Wildman–Crippen MR) is 104 cm³/mol. The van der Waals surface area contributed by atoms with Crippen LogP contribution in [0, 0.1) is 0 Å². The Bertz CT molecular complexity index is 1020. The lowest BCUT2D eigenvalue weighted by Gasteiger charge is -2.29. The largest absolute Gasteiger partial charge is 0.416 e. The van der Waals surface area contributed by atoms with E-state index in [2.05, 4.69) is 15.3 Å². The van der Waals surface area contributed by atoms with Crippen LogP contribution in [0.5, 0.6) is 0 Å². The first-order valence-electron chi connectivity index (χ1n) is 8.16. The van der Waals surface area contributed by atoms with E-state index >= 15 is 0 Å². The molecule has 0 atom stereocenters. The van der Waals surface area contributed by atoms with Gasteiger partial charge in [-0.1, -0.05) is 6.07 Å². The molecule has 1 aliphatic heterocycles. The van der Waals surface area contributed by atoms with Crippen molar-refractivity contribution >= 4 is 46.9 Å². The van der Waals surface area contributed by atoms with E-state index in [0.29, 0.717) is 11.5 Å². The molecule has 0 spiro atoms. The maximum atomic E-state index is 13.0. The maximum absolute atomic E-state index is 13.0. The Labute approximate surface area is 168 Å². The van der Waals surface area contributed by atoms with Crippen LogP contribution < -0.4 is 15.1 Å². The number of carbonyl (C=O) groups excluding carboxylic acids is 2. The molecule has 2 amide bonds. The van der Waals surface area contributed by atoms with Gasteiger partial charge in [0.25, 0.3) is 11.8 Å². The highest BCUT2D eigenvalue weighted by molar-refractivity contribution is 7.80. The molecule has 1 aliphatic rings. The summed E-state index contributed by atoms with van der Waals surface area (Å²) in [6, 6.07) is 4.11. The van der Waals surface area contributed by atoms with Crippen LogP contribution in [0.3, 0.4) is 0 Å². The van der Waals surface area contributed by atoms with Crippen molar-refractivity contribution in [2.24, 2.45) is 0 Å². The monoisotopic (exact) mass is 421 g/mol. The summed E-state index contributed by atoms with van der Waals surface area (Å²) >= 11 is 5.00. The molecule has 0 unspecified atom stereocenters. The summed E-state index contributed by atoms with van der Waals surface area (Å²) in [6.45, 7) is 0. The van der Waals surface area contributed by atoms with E-state index in [4.69, 9.17) is 12.2 Å². The molecule has 1 N–H and O–H groups in total. The molecule has 11 heteroatoms. The third kappa shape index (κ3) is 4.24. The molecule has 2 aromatic rings. The molecule has 0 radical (unpaired) electrons. The second-order valence-corrected chi connectivity index (χ2v) is 6.60. The van der Waals surface area contributed by atoms with Crippen LogP contribution in [0.4, 0.5) is 24.8 Å². The Kier molecular flexibility index (Phi) is 5.33. The Hall–Kier alpha value is -3.34. The third-order valence-corrected chi connectivity index (χ3v) is 4.19. The van der Waals surface area contributed by atoms with Gasteiger partial charge in [0.05, 0.1) is 11.3 Å². The molecule has 29 heavy (non-hydrogen) atoms. The summed E-state index contributed by atoms with van der Waals surface area (Å²) in [5, 5.41) is 2.01. The molecule has 1 fully saturated rings. The van der Waals surface area contributed by atoms with Gasteiger partial charge >= 0.3 is 6.18 Å². The smallest absolute Gasteiger partial charge is 0.347 e. The number of rotatable bonds is 3. The van der Waals surface area contributed by atoms with Crippen LogP contribution in [0.1, 0.15) is 11.1 Å². The Balaban J connectivity index is 1.98. The topological polar surface area (TPSA) is 78.4 Å². The van der Waals surface area contributed by atoms with E-state index in [9.17, 15) is 22.8 Å². The van der Waals surface area contributed by atoms with Crippen molar-refractivity contribution in [1.82, 2.24) is 15.3 Å². The van der Waals surface area contributed by atoms with E-state index < -0.39 is 23.6 Å². The molecule has 150 valence electrons. The van der Waals surface area contributed by atoms with Gasteiger partial charge in [0.2, 0.25) is 5.95 Å². The number of nitrogens with one attached hydrogen (secondary N) is 1. The molecule has 7 nitrogen and oxygen atoms in total. The van der Waals surface area contributed by atoms with Gasteiger partial charge in [-0.15, -0.1) is 0 Å². The summed E-state index contributed by atoms with van der Waals surface area (Å²) in [6.07, 6.45) is -0.516. The molecule has 0 saturated carbocycles. The van der Waals surface area contributed by atoms with E-state index in [1.807, 2.05) is 0 Å². The van der Waals surface area contributed by atoms with Crippen LogP contribution in [0.2, 0.25) is 0 Å². The zero-order valence-corrected chi connectivity index (χ0v) is 16.0. The zero-order chi connectivity index (χ0) is 21.3. The Morgan fingerprint density at radius 2 is 1.83 bits per heavy atom. The molecule has 2 heterocycles. The molecule has 1 aromatic carbocycles. The molecular weight excluding hydrogens is 407 g/mol. The molecule has 0 aliphatic carbocycles. The lowest BCUT2D eigenvalue weighted by Crippen LogP contribution is -2.54. The van der Waals surface area contributed by atoms with Crippen LogP contribution in [-0.4, -0.2) is 41.0 Å². The summed E-state index contributed by atoms with van der Waals surface area (Å²) in [5.74, 6) is -1.19. The first-order chi connectivity index (χ1) is 13.6. The van der Waals surface area contributed by atoms with Crippen molar-refractivity contribution in [2.45, 2.75) is 6.18 Å². The maximum Gasteiger partial charge on any atom is 0.416 e. The quantitative estimate of drug-likeness (QED) is 0.466. The highest BCUT2D eigenvalue weighted by atomic mass is 32.1. The fourth-order valence-electron chi connectivity index (χ4n) is 2.52. The van der Waals surface area contributed by atoms with Crippen molar-refractivity contribution < 1.29 is 22.8 Å². The van der Waals surface area contributed by atoms with Crippen molar-refractivity contribution in [1.29, 1.82) is 0 Å². The van der Waals surface area contributed by atoms with Crippen LogP contribution in [0.25, 0.3) is 6.08 Å². The second-order valence-electron chi connectivity index (χ2n) is 6.22. The Morgan fingerprint density at radius 3 is 2.41 bits per heavy atom. The minimum atomic E-state index is -4.59. The van der Waals surface area contributed by atoms with Gasteiger partial charge in [-0.2, -0.15) is 13.2 Å². The summed E-state index contributed by atoms with van der Waals surface area (Å²) < 4.78 is 39.0. The average Bonchev–Trinajstić information content (AvgIpc) is 2.65. The van der Waals surface area contributed by atoms with E-state index in [-0.39, 0.29) is 16.4 Å². The number of alkyl halides is 3. The van der Waals surface area contributed by atoms with Gasteiger partial charge in [0.15, 0.2) is 5.11 Å². The van der Waals surface area contributed by atoms with Crippen molar-refractivity contribution in [3.8, 4) is 0 Å². The fourth-order valence-corrected chi connectivity index (χ4v) is 2.80. The molecule has 1 aromatic heterocycles. The van der Waals surface area contributed by atoms with Crippen LogP contribution in [-0.2, 0) is 15.8 Å². The number of nitrogens with zero attached hydrogens (tertiary/aromatic N) is 4. The molecule has 3 rings (SSSR count). The minimum Gasteiger partial charge on any atom is -0.347 e. The van der Waals surface area contributed by atoms with Gasteiger partial charge in [0.1, 0.15) is 5.57 Å². The number of halogens is 3. The van der Waals surface area contributed by atoms with Crippen LogP contribution in [0.15, 0.2) is 42.2 Å². The third-order valence-electron chi connectivity index (χ3n) is 3.90. The number of benzene rings is 1. The highest BCUT2D eigenvalue weighted by Crippen LogP contribution is 2.32. The summed E-state index contributed by atoms with van der Waals surface area (Å²) in [5.41, 5.74) is -0.997. The van der Waals surface area contributed by atoms with E-state index in [0.717, 1.165) is 23.1 Å². The van der Waals surface area contributed by atoms with Gasteiger partial charge in [-0.25, -0.2) is 9.97 Å². The van der Waals surface area contributed by atoms with Gasteiger partial charge in [-0.3, -0.25) is 19.8 Å². The lowest BCUT2D eigenvalue weighted by molar-refractivity contribution is -0.137. The van der Waals surface area contributed by atoms with Gasteiger partial charge in [-0.05, 0) is 36.5 Å². The average molecular weight is 421 g/mol. The molecular formula is C18H14F3N5O2S. The van der Waals surface area contributed by atoms with Gasteiger partial charge < -0.3 is 4.90 Å². The van der Waals surface area contributed by atoms with Crippen molar-refractivity contribution in [3.63, 3.8) is 0 Å². The fraction of sp³-hybridized carbons (Fsp3) is 0.167. The Morgan fingerprint density at radius 1 is 1.17 bits per heavy atom. The SMILES string of the molecule is CN(C)c1ncc(/C=C2/C(=O)NC(=S)N(c3cccc(C(F)(F)F)c3)C2=O)cn1. The number of aromatic nitrogens is 2. The number of amides is 2. The molecule has 1 saturated heterocycles. The minimum absolute atomic E-state index is 0.111. The van der Waals surface area contributed by atoms with E-state index in [1.54, 1.807) is 19.0 Å². The summed E-state index contributed by atoms with van der Waals surface area (Å²) in [4.78, 5) is 35.8. The number of thiocarbonyl (C=S) groups is 1. The predicted octanol–water partition coefficient (Wildman–Crippen LogP) is 2.39. The number of carbonyl (C=O) groups is 2. The summed E-state index contributed by atoms with van der Waals surface area (Å²) in [7, 11) is 3.50. The van der Waals surface area contributed by atoms with Crippen molar-refractivity contribution in [2.75, 3.05) is 23.9 Å². The first kappa shape index (κ1) is 20.4. The zero-order valence-electron chi connectivity index (χ0n) is 15.2. The normalized spacial score (nSPS) is 16.2. The molecule has 0 bridgehead atoms. The van der Waals surface area contributed by atoms with Crippen LogP contribution >= 0.6 is 12.2 Å². The number of hydrogen-bond acceptors (Lipinski definition) is 6. The number of anilines is 2. The standard InChI is InChI=1S/C18H14F3N5O2S/c1-25(2)16-22-8-10(9-23-16)6-13-14(27)24-17(29)26(15(13)28)12-5-3-4-11(7-12)18(19,20)21/h3-9H,1-2H3,(H,24,27,29)/b13-6-. The van der Waals surface area contributed by atoms with E-state index in [1.165, 1.54) is 24.5 Å². The van der Waals surface area contributed by atoms with Gasteiger partial charge in [0, 0.05) is 32.1 Å². The highest BCUT2D eigenvalue weighted by Gasteiger charge is 2.36. The lowest BCUT2D eigenvalue weighted by atomic mass is 10.1. The van der Waals surface area contributed by atoms with Crippen molar-refractivity contribution in [3.05, 3.63) is 53.4 Å². The second kappa shape index (κ2) is 7.59.